The molecule has 2 heterocycles. The number of benzene rings is 2. The van der Waals surface area contributed by atoms with E-state index < -0.39 is 34.9 Å². The Morgan fingerprint density at radius 3 is 2.37 bits per heavy atom. The molecule has 0 spiro atoms. The van der Waals surface area contributed by atoms with Crippen LogP contribution in [0.5, 0.6) is 0 Å². The maximum Gasteiger partial charge on any atom is 0.417 e. The first-order valence-electron chi connectivity index (χ1n) is 10.4. The molecule has 1 N–H and O–H groups in total. The molecular formula is C23H18ClF4N5O2. The van der Waals surface area contributed by atoms with Gasteiger partial charge in [0.25, 0.3) is 11.8 Å². The smallest absolute Gasteiger partial charge is 0.337 e. The predicted octanol–water partition coefficient (Wildman–Crippen LogP) is 4.85. The van der Waals surface area contributed by atoms with Crippen molar-refractivity contribution in [2.75, 3.05) is 30.0 Å². The average Bonchev–Trinajstić information content (AvgIpc) is 2.84. The molecule has 35 heavy (non-hydrogen) atoms. The van der Waals surface area contributed by atoms with Crippen LogP contribution in [-0.2, 0) is 6.18 Å². The molecule has 1 fully saturated rings. The Morgan fingerprint density at radius 1 is 0.971 bits per heavy atom. The molecule has 7 nitrogen and oxygen atoms in total. The summed E-state index contributed by atoms with van der Waals surface area (Å²) in [4.78, 5) is 28.1. The van der Waals surface area contributed by atoms with Gasteiger partial charge in [-0.2, -0.15) is 13.2 Å². The summed E-state index contributed by atoms with van der Waals surface area (Å²) in [5.41, 5.74) is -1.38. The molecule has 0 atom stereocenters. The molecule has 1 aromatic heterocycles. The van der Waals surface area contributed by atoms with Crippen molar-refractivity contribution in [1.82, 2.24) is 15.1 Å². The van der Waals surface area contributed by atoms with Crippen molar-refractivity contribution in [3.63, 3.8) is 0 Å². The Labute approximate surface area is 202 Å². The number of carbonyl (C=O) groups is 2. The summed E-state index contributed by atoms with van der Waals surface area (Å²) >= 11 is 5.82. The normalized spacial score (nSPS) is 14.1. The molecular weight excluding hydrogens is 490 g/mol. The first-order valence-corrected chi connectivity index (χ1v) is 10.8. The van der Waals surface area contributed by atoms with Gasteiger partial charge in [0, 0.05) is 23.8 Å². The molecule has 182 valence electrons. The lowest BCUT2D eigenvalue weighted by molar-refractivity contribution is -0.138. The van der Waals surface area contributed by atoms with Crippen molar-refractivity contribution in [1.29, 1.82) is 0 Å². The fourth-order valence-electron chi connectivity index (χ4n) is 3.61. The van der Waals surface area contributed by atoms with Gasteiger partial charge in [-0.25, -0.2) is 4.39 Å². The summed E-state index contributed by atoms with van der Waals surface area (Å²) in [6, 6.07) is 11.3. The second-order valence-electron chi connectivity index (χ2n) is 7.75. The molecule has 2 aromatic carbocycles. The van der Waals surface area contributed by atoms with Gasteiger partial charge in [0.2, 0.25) is 0 Å². The van der Waals surface area contributed by atoms with Crippen molar-refractivity contribution in [3.05, 3.63) is 82.3 Å². The topological polar surface area (TPSA) is 78.4 Å². The zero-order valence-electron chi connectivity index (χ0n) is 18.0. The van der Waals surface area contributed by atoms with E-state index in [1.54, 1.807) is 29.2 Å². The number of halogens is 5. The third-order valence-corrected chi connectivity index (χ3v) is 5.56. The predicted molar refractivity (Wildman–Crippen MR) is 121 cm³/mol. The SMILES string of the molecule is O=C(Nc1ccc(Cl)cc1)c1ccc(N2CCCN(C(=O)c3cc(F)ccc3C(F)(F)F)C2)nn1. The van der Waals surface area contributed by atoms with E-state index in [9.17, 15) is 27.2 Å². The maximum absolute atomic E-state index is 13.7. The van der Waals surface area contributed by atoms with Gasteiger partial charge >= 0.3 is 6.18 Å². The van der Waals surface area contributed by atoms with Crippen molar-refractivity contribution >= 4 is 34.9 Å². The van der Waals surface area contributed by atoms with Crippen molar-refractivity contribution in [2.45, 2.75) is 12.6 Å². The number of amides is 2. The monoisotopic (exact) mass is 507 g/mol. The minimum absolute atomic E-state index is 0.0446. The van der Waals surface area contributed by atoms with Crippen LogP contribution in [-0.4, -0.2) is 46.7 Å². The van der Waals surface area contributed by atoms with Gasteiger partial charge in [-0.1, -0.05) is 11.6 Å². The Hall–Kier alpha value is -3.73. The molecule has 4 rings (SSSR count). The first-order chi connectivity index (χ1) is 16.6. The molecule has 12 heteroatoms. The summed E-state index contributed by atoms with van der Waals surface area (Å²) in [6.07, 6.45) is -4.36. The highest BCUT2D eigenvalue weighted by Gasteiger charge is 2.37. The highest BCUT2D eigenvalue weighted by molar-refractivity contribution is 6.30. The molecule has 1 aliphatic heterocycles. The average molecular weight is 508 g/mol. The van der Waals surface area contributed by atoms with Crippen LogP contribution < -0.4 is 10.2 Å². The summed E-state index contributed by atoms with van der Waals surface area (Å²) in [5, 5.41) is 11.1. The minimum Gasteiger partial charge on any atom is -0.337 e. The largest absolute Gasteiger partial charge is 0.417 e. The zero-order valence-corrected chi connectivity index (χ0v) is 18.8. The zero-order chi connectivity index (χ0) is 25.2. The fourth-order valence-corrected chi connectivity index (χ4v) is 3.73. The Bertz CT molecular complexity index is 1240. The Balaban J connectivity index is 1.47. The van der Waals surface area contributed by atoms with Crippen LogP contribution in [0.1, 0.15) is 32.8 Å². The van der Waals surface area contributed by atoms with Crippen molar-refractivity contribution < 1.29 is 27.2 Å². The van der Waals surface area contributed by atoms with E-state index in [2.05, 4.69) is 15.5 Å². The van der Waals surface area contributed by atoms with E-state index in [0.717, 1.165) is 0 Å². The highest BCUT2D eigenvalue weighted by atomic mass is 35.5. The van der Waals surface area contributed by atoms with Gasteiger partial charge in [-0.05, 0) is 61.0 Å². The molecule has 0 saturated carbocycles. The van der Waals surface area contributed by atoms with Crippen LogP contribution in [0, 0.1) is 5.82 Å². The number of rotatable bonds is 4. The second-order valence-corrected chi connectivity index (χ2v) is 8.19. The lowest BCUT2D eigenvalue weighted by Crippen LogP contribution is -2.48. The lowest BCUT2D eigenvalue weighted by atomic mass is 10.0. The van der Waals surface area contributed by atoms with Crippen LogP contribution in [0.3, 0.4) is 0 Å². The van der Waals surface area contributed by atoms with Gasteiger partial charge in [-0.3, -0.25) is 9.59 Å². The van der Waals surface area contributed by atoms with E-state index in [4.69, 9.17) is 11.6 Å². The molecule has 2 amide bonds. The first kappa shape index (κ1) is 24.4. The number of aromatic nitrogens is 2. The van der Waals surface area contributed by atoms with Crippen molar-refractivity contribution in [3.8, 4) is 0 Å². The molecule has 1 aliphatic rings. The summed E-state index contributed by atoms with van der Waals surface area (Å²) in [7, 11) is 0. The highest BCUT2D eigenvalue weighted by Crippen LogP contribution is 2.33. The molecule has 1 saturated heterocycles. The summed E-state index contributed by atoms with van der Waals surface area (Å²) in [5.74, 6) is -2.03. The number of nitrogens with one attached hydrogen (secondary N) is 1. The van der Waals surface area contributed by atoms with E-state index in [1.807, 2.05) is 0 Å². The van der Waals surface area contributed by atoms with Crippen LogP contribution in [0.15, 0.2) is 54.6 Å². The standard InChI is InChI=1S/C23H18ClF4N5O2/c24-14-2-5-16(6-3-14)29-21(34)19-8-9-20(31-30-19)32-10-1-11-33(13-32)22(35)17-12-15(25)4-7-18(17)23(26,27)28/h2-9,12H,1,10-11,13H2,(H,29,34). The van der Waals surface area contributed by atoms with E-state index >= 15 is 0 Å². The van der Waals surface area contributed by atoms with Gasteiger partial charge < -0.3 is 15.1 Å². The Kier molecular flexibility index (Phi) is 6.88. The quantitative estimate of drug-likeness (QED) is 0.511. The van der Waals surface area contributed by atoms with Crippen molar-refractivity contribution in [2.24, 2.45) is 0 Å². The molecule has 0 unspecified atom stereocenters. The molecule has 0 bridgehead atoms. The van der Waals surface area contributed by atoms with Crippen LogP contribution in [0.2, 0.25) is 5.02 Å². The van der Waals surface area contributed by atoms with Crippen LogP contribution in [0.4, 0.5) is 29.1 Å². The maximum atomic E-state index is 13.7. The number of carbonyl (C=O) groups excluding carboxylic acids is 2. The van der Waals surface area contributed by atoms with Crippen LogP contribution in [0.25, 0.3) is 0 Å². The number of nitrogens with zero attached hydrogens (tertiary/aromatic N) is 4. The molecule has 0 radical (unpaired) electrons. The number of hydrogen-bond donors (Lipinski definition) is 1. The lowest BCUT2D eigenvalue weighted by Gasteiger charge is -2.36. The van der Waals surface area contributed by atoms with E-state index in [0.29, 0.717) is 47.7 Å². The van der Waals surface area contributed by atoms with E-state index in [-0.39, 0.29) is 18.9 Å². The minimum atomic E-state index is -4.80. The van der Waals surface area contributed by atoms with E-state index in [1.165, 1.54) is 17.0 Å². The number of hydrogen-bond acceptors (Lipinski definition) is 5. The second kappa shape index (κ2) is 9.87. The van der Waals surface area contributed by atoms with Gasteiger partial charge in [-0.15, -0.1) is 10.2 Å². The molecule has 3 aromatic rings. The number of anilines is 2. The van der Waals surface area contributed by atoms with Gasteiger partial charge in [0.15, 0.2) is 11.5 Å². The third-order valence-electron chi connectivity index (χ3n) is 5.31. The third kappa shape index (κ3) is 5.68. The van der Waals surface area contributed by atoms with Crippen LogP contribution >= 0.6 is 11.6 Å². The van der Waals surface area contributed by atoms with Gasteiger partial charge in [0.05, 0.1) is 17.8 Å². The summed E-state index contributed by atoms with van der Waals surface area (Å²) < 4.78 is 53.7. The molecule has 0 aliphatic carbocycles. The van der Waals surface area contributed by atoms with Gasteiger partial charge in [0.1, 0.15) is 5.82 Å². The fraction of sp³-hybridized carbons (Fsp3) is 0.217. The summed E-state index contributed by atoms with van der Waals surface area (Å²) in [6.45, 7) is 0.583. The Morgan fingerprint density at radius 2 is 1.71 bits per heavy atom. The number of alkyl halides is 3.